The lowest BCUT2D eigenvalue weighted by atomic mass is 10.1. The number of methoxy groups -OCH3 is 1. The molecule has 0 radical (unpaired) electrons. The number of amides is 1. The average molecular weight is 396 g/mol. The normalized spacial score (nSPS) is 18.1. The van der Waals surface area contributed by atoms with Gasteiger partial charge in [-0.3, -0.25) is 9.78 Å². The van der Waals surface area contributed by atoms with Crippen LogP contribution in [0.25, 0.3) is 0 Å². The lowest BCUT2D eigenvalue weighted by Crippen LogP contribution is -2.49. The third-order valence-corrected chi connectivity index (χ3v) is 5.83. The highest BCUT2D eigenvalue weighted by Gasteiger charge is 2.24. The predicted molar refractivity (Wildman–Crippen MR) is 115 cm³/mol. The fourth-order valence-electron chi connectivity index (χ4n) is 4.01. The van der Waals surface area contributed by atoms with Gasteiger partial charge in [0.25, 0.3) is 5.91 Å². The zero-order chi connectivity index (χ0) is 20.2. The lowest BCUT2D eigenvalue weighted by Gasteiger charge is -2.37. The van der Waals surface area contributed by atoms with E-state index in [-0.39, 0.29) is 5.91 Å². The second-order valence-electron chi connectivity index (χ2n) is 7.67. The van der Waals surface area contributed by atoms with Crippen LogP contribution >= 0.6 is 0 Å². The fraction of sp³-hybridized carbons (Fsp3) is 0.455. The molecule has 2 aliphatic heterocycles. The van der Waals surface area contributed by atoms with Crippen LogP contribution in [0.1, 0.15) is 10.4 Å². The topological polar surface area (TPSA) is 52.2 Å². The molecular weight excluding hydrogens is 366 g/mol. The summed E-state index contributed by atoms with van der Waals surface area (Å²) >= 11 is 0. The Morgan fingerprint density at radius 2 is 1.62 bits per heavy atom. The Labute approximate surface area is 172 Å². The second-order valence-corrected chi connectivity index (χ2v) is 7.67. The Kier molecular flexibility index (Phi) is 5.85. The summed E-state index contributed by atoms with van der Waals surface area (Å²) < 4.78 is 5.48. The van der Waals surface area contributed by atoms with Gasteiger partial charge in [-0.2, -0.15) is 0 Å². The first-order chi connectivity index (χ1) is 14.2. The Bertz CT molecular complexity index is 843. The first kappa shape index (κ1) is 19.5. The maximum Gasteiger partial charge on any atom is 0.255 e. The highest BCUT2D eigenvalue weighted by atomic mass is 16.5. The van der Waals surface area contributed by atoms with Crippen molar-refractivity contribution in [1.82, 2.24) is 14.8 Å². The van der Waals surface area contributed by atoms with E-state index in [0.29, 0.717) is 18.7 Å². The monoisotopic (exact) mass is 395 g/mol. The quantitative estimate of drug-likeness (QED) is 0.787. The minimum Gasteiger partial charge on any atom is -0.495 e. The van der Waals surface area contributed by atoms with Gasteiger partial charge in [0.1, 0.15) is 5.75 Å². The second kappa shape index (κ2) is 8.69. The van der Waals surface area contributed by atoms with Crippen molar-refractivity contribution in [1.29, 1.82) is 0 Å². The van der Waals surface area contributed by atoms with Crippen LogP contribution in [0.5, 0.6) is 5.75 Å². The van der Waals surface area contributed by atoms with Crippen molar-refractivity contribution in [3.05, 3.63) is 48.3 Å². The van der Waals surface area contributed by atoms with Gasteiger partial charge in [-0.25, -0.2) is 0 Å². The van der Waals surface area contributed by atoms with Crippen LogP contribution in [0, 0.1) is 0 Å². The van der Waals surface area contributed by atoms with Gasteiger partial charge in [-0.05, 0) is 25.2 Å². The summed E-state index contributed by atoms with van der Waals surface area (Å²) in [6.07, 6.45) is 3.55. The number of rotatable bonds is 4. The number of carbonyl (C=O) groups is 1. The minimum atomic E-state index is 0.0631. The number of aromatic nitrogens is 1. The van der Waals surface area contributed by atoms with Crippen LogP contribution in [-0.2, 0) is 0 Å². The molecule has 7 heteroatoms. The van der Waals surface area contributed by atoms with Crippen LogP contribution in [0.2, 0.25) is 0 Å². The zero-order valence-corrected chi connectivity index (χ0v) is 17.3. The number of hydrogen-bond donors (Lipinski definition) is 0. The summed E-state index contributed by atoms with van der Waals surface area (Å²) in [6, 6.07) is 10.0. The number of pyridine rings is 1. The van der Waals surface area contributed by atoms with E-state index in [9.17, 15) is 4.79 Å². The van der Waals surface area contributed by atoms with Crippen molar-refractivity contribution < 1.29 is 9.53 Å². The molecule has 2 aromatic rings. The van der Waals surface area contributed by atoms with Crippen LogP contribution in [0.4, 0.5) is 11.4 Å². The number of nitrogens with zero attached hydrogens (tertiary/aromatic N) is 5. The number of para-hydroxylation sites is 2. The molecule has 1 aromatic heterocycles. The Morgan fingerprint density at radius 3 is 2.34 bits per heavy atom. The highest BCUT2D eigenvalue weighted by Crippen LogP contribution is 2.28. The molecule has 2 saturated heterocycles. The van der Waals surface area contributed by atoms with Crippen molar-refractivity contribution in [3.63, 3.8) is 0 Å². The summed E-state index contributed by atoms with van der Waals surface area (Å²) in [6.45, 7) is 6.95. The molecule has 7 nitrogen and oxygen atoms in total. The summed E-state index contributed by atoms with van der Waals surface area (Å²) in [4.78, 5) is 26.3. The first-order valence-electron chi connectivity index (χ1n) is 10.2. The zero-order valence-electron chi connectivity index (χ0n) is 17.3. The third-order valence-electron chi connectivity index (χ3n) is 5.83. The molecule has 4 rings (SSSR count). The van der Waals surface area contributed by atoms with E-state index in [2.05, 4.69) is 32.8 Å². The number of benzene rings is 1. The molecule has 1 aromatic carbocycles. The average Bonchev–Trinajstić information content (AvgIpc) is 2.79. The van der Waals surface area contributed by atoms with Gasteiger partial charge in [0, 0.05) is 58.6 Å². The molecule has 1 amide bonds. The molecule has 0 bridgehead atoms. The highest BCUT2D eigenvalue weighted by molar-refractivity contribution is 5.95. The van der Waals surface area contributed by atoms with E-state index in [1.54, 1.807) is 13.3 Å². The van der Waals surface area contributed by atoms with Gasteiger partial charge in [0.05, 0.1) is 30.2 Å². The molecule has 154 valence electrons. The molecule has 0 atom stereocenters. The molecule has 0 unspecified atom stereocenters. The lowest BCUT2D eigenvalue weighted by molar-refractivity contribution is 0.0746. The van der Waals surface area contributed by atoms with Gasteiger partial charge in [0.15, 0.2) is 0 Å². The molecule has 0 spiro atoms. The standard InChI is InChI=1S/C22H29N5O2/c1-24-7-9-25(10-8-24)19-15-18(16-23-17-19)22(28)27-13-11-26(12-14-27)20-5-3-4-6-21(20)29-2/h3-6,15-17H,7-14H2,1-2H3. The SMILES string of the molecule is COc1ccccc1N1CCN(C(=O)c2cncc(N3CCN(C)CC3)c2)CC1. The molecular formula is C22H29N5O2. The predicted octanol–water partition coefficient (Wildman–Crippen LogP) is 1.80. The molecule has 2 fully saturated rings. The Balaban J connectivity index is 1.40. The first-order valence-corrected chi connectivity index (χ1v) is 10.2. The van der Waals surface area contributed by atoms with Crippen molar-refractivity contribution >= 4 is 17.3 Å². The largest absolute Gasteiger partial charge is 0.495 e. The summed E-state index contributed by atoms with van der Waals surface area (Å²) in [5.41, 5.74) is 2.80. The summed E-state index contributed by atoms with van der Waals surface area (Å²) in [7, 11) is 3.83. The third kappa shape index (κ3) is 4.29. The number of piperazine rings is 2. The van der Waals surface area contributed by atoms with Crippen molar-refractivity contribution in [2.45, 2.75) is 0 Å². The molecule has 0 saturated carbocycles. The van der Waals surface area contributed by atoms with E-state index < -0.39 is 0 Å². The molecule has 0 N–H and O–H groups in total. The van der Waals surface area contributed by atoms with Crippen LogP contribution in [-0.4, -0.2) is 87.2 Å². The van der Waals surface area contributed by atoms with Crippen molar-refractivity contribution in [3.8, 4) is 5.75 Å². The van der Waals surface area contributed by atoms with Crippen LogP contribution < -0.4 is 14.5 Å². The van der Waals surface area contributed by atoms with Gasteiger partial charge in [-0.15, -0.1) is 0 Å². The summed E-state index contributed by atoms with van der Waals surface area (Å²) in [5, 5.41) is 0. The van der Waals surface area contributed by atoms with Gasteiger partial charge >= 0.3 is 0 Å². The van der Waals surface area contributed by atoms with Crippen molar-refractivity contribution in [2.24, 2.45) is 0 Å². The number of likely N-dealkylation sites (N-methyl/N-ethyl adjacent to an activating group) is 1. The number of anilines is 2. The smallest absolute Gasteiger partial charge is 0.255 e. The minimum absolute atomic E-state index is 0.0631. The Hall–Kier alpha value is -2.80. The van der Waals surface area contributed by atoms with E-state index in [1.165, 1.54) is 0 Å². The Morgan fingerprint density at radius 1 is 0.931 bits per heavy atom. The number of hydrogen-bond acceptors (Lipinski definition) is 6. The van der Waals surface area contributed by atoms with Crippen LogP contribution in [0.3, 0.4) is 0 Å². The maximum atomic E-state index is 13.1. The van der Waals surface area contributed by atoms with E-state index in [0.717, 1.165) is 56.4 Å². The van der Waals surface area contributed by atoms with Gasteiger partial charge in [0.2, 0.25) is 0 Å². The van der Waals surface area contributed by atoms with Gasteiger partial charge < -0.3 is 24.3 Å². The summed E-state index contributed by atoms with van der Waals surface area (Å²) in [5.74, 6) is 0.935. The number of ether oxygens (including phenoxy) is 1. The van der Waals surface area contributed by atoms with Gasteiger partial charge in [-0.1, -0.05) is 12.1 Å². The molecule has 29 heavy (non-hydrogen) atoms. The fourth-order valence-corrected chi connectivity index (χ4v) is 4.01. The van der Waals surface area contributed by atoms with Crippen molar-refractivity contribution in [2.75, 3.05) is 76.3 Å². The van der Waals surface area contributed by atoms with E-state index >= 15 is 0 Å². The number of carbonyl (C=O) groups excluding carboxylic acids is 1. The molecule has 3 heterocycles. The molecule has 0 aliphatic carbocycles. The van der Waals surface area contributed by atoms with E-state index in [4.69, 9.17) is 4.74 Å². The molecule has 2 aliphatic rings. The van der Waals surface area contributed by atoms with Crippen LogP contribution in [0.15, 0.2) is 42.7 Å². The van der Waals surface area contributed by atoms with E-state index in [1.807, 2.05) is 35.4 Å². The maximum absolute atomic E-state index is 13.1.